The third-order valence-electron chi connectivity index (χ3n) is 5.13. The van der Waals surface area contributed by atoms with Gasteiger partial charge in [0.25, 0.3) is 0 Å². The van der Waals surface area contributed by atoms with Gasteiger partial charge in [0, 0.05) is 29.3 Å². The van der Waals surface area contributed by atoms with Crippen LogP contribution in [-0.4, -0.2) is 20.1 Å². The molecule has 3 heteroatoms. The zero-order valence-electron chi connectivity index (χ0n) is 14.0. The van der Waals surface area contributed by atoms with Crippen LogP contribution in [0.1, 0.15) is 58.1 Å². The van der Waals surface area contributed by atoms with E-state index in [-0.39, 0.29) is 0 Å². The molecule has 1 fully saturated rings. The summed E-state index contributed by atoms with van der Waals surface area (Å²) in [6.45, 7) is 7.03. The van der Waals surface area contributed by atoms with Crippen molar-refractivity contribution in [1.29, 1.82) is 0 Å². The summed E-state index contributed by atoms with van der Waals surface area (Å²) in [5.74, 6) is 0. The minimum atomic E-state index is 0.371. The smallest absolute Gasteiger partial charge is 0.0425 e. The van der Waals surface area contributed by atoms with E-state index in [0.29, 0.717) is 17.5 Å². The Morgan fingerprint density at radius 3 is 2.48 bits per heavy atom. The number of nitrogens with zero attached hydrogens (tertiary/aromatic N) is 1. The molecular formula is C18H29BrN2. The summed E-state index contributed by atoms with van der Waals surface area (Å²) in [6, 6.07) is 7.68. The standard InChI is InChI=1S/C18H29BrN2/c1-13(20-4)16-7-6-14(19)12-17(16)21(5)15-8-10-18(2,3)11-9-15/h6-7,12-13,15,20H,8-11H2,1-5H3. The number of nitrogens with one attached hydrogen (secondary N) is 1. The lowest BCUT2D eigenvalue weighted by atomic mass is 9.75. The van der Waals surface area contributed by atoms with E-state index in [1.165, 1.54) is 36.9 Å². The van der Waals surface area contributed by atoms with E-state index < -0.39 is 0 Å². The summed E-state index contributed by atoms with van der Waals surface area (Å²) in [7, 11) is 4.29. The van der Waals surface area contributed by atoms with Crippen LogP contribution in [0.25, 0.3) is 0 Å². The van der Waals surface area contributed by atoms with Crippen LogP contribution in [0, 0.1) is 5.41 Å². The van der Waals surface area contributed by atoms with E-state index in [4.69, 9.17) is 0 Å². The van der Waals surface area contributed by atoms with Crippen LogP contribution in [0.4, 0.5) is 5.69 Å². The topological polar surface area (TPSA) is 15.3 Å². The first-order valence-electron chi connectivity index (χ1n) is 8.03. The lowest BCUT2D eigenvalue weighted by Gasteiger charge is -2.40. The van der Waals surface area contributed by atoms with Crippen molar-refractivity contribution in [1.82, 2.24) is 5.32 Å². The van der Waals surface area contributed by atoms with Crippen LogP contribution < -0.4 is 10.2 Å². The molecule has 0 aliphatic heterocycles. The Bertz CT molecular complexity index is 474. The fourth-order valence-electron chi connectivity index (χ4n) is 3.31. The number of hydrogen-bond acceptors (Lipinski definition) is 2. The van der Waals surface area contributed by atoms with Gasteiger partial charge < -0.3 is 10.2 Å². The van der Waals surface area contributed by atoms with E-state index in [2.05, 4.69) is 72.2 Å². The second kappa shape index (κ2) is 6.70. The Labute approximate surface area is 138 Å². The van der Waals surface area contributed by atoms with E-state index in [1.54, 1.807) is 0 Å². The maximum Gasteiger partial charge on any atom is 0.0425 e. The number of benzene rings is 1. The summed E-state index contributed by atoms with van der Waals surface area (Å²) in [5, 5.41) is 3.37. The summed E-state index contributed by atoms with van der Waals surface area (Å²) >= 11 is 3.63. The Hall–Kier alpha value is -0.540. The van der Waals surface area contributed by atoms with Gasteiger partial charge in [0.1, 0.15) is 0 Å². The maximum absolute atomic E-state index is 3.63. The van der Waals surface area contributed by atoms with Crippen LogP contribution >= 0.6 is 15.9 Å². The molecule has 0 spiro atoms. The summed E-state index contributed by atoms with van der Waals surface area (Å²) in [6.07, 6.45) is 5.24. The predicted octanol–water partition coefficient (Wildman–Crippen LogP) is 5.13. The molecular weight excluding hydrogens is 324 g/mol. The first-order chi connectivity index (χ1) is 9.84. The molecule has 1 aliphatic rings. The van der Waals surface area contributed by atoms with Crippen molar-refractivity contribution in [2.75, 3.05) is 19.0 Å². The number of hydrogen-bond donors (Lipinski definition) is 1. The third-order valence-corrected chi connectivity index (χ3v) is 5.62. The van der Waals surface area contributed by atoms with Gasteiger partial charge in [0.2, 0.25) is 0 Å². The highest BCUT2D eigenvalue weighted by Crippen LogP contribution is 2.39. The lowest BCUT2D eigenvalue weighted by molar-refractivity contribution is 0.222. The fourth-order valence-corrected chi connectivity index (χ4v) is 3.66. The summed E-state index contributed by atoms with van der Waals surface area (Å²) in [4.78, 5) is 2.50. The first-order valence-corrected chi connectivity index (χ1v) is 8.83. The first kappa shape index (κ1) is 16.8. The van der Waals surface area contributed by atoms with Crippen molar-refractivity contribution in [3.05, 3.63) is 28.2 Å². The average molecular weight is 353 g/mol. The molecule has 0 amide bonds. The highest BCUT2D eigenvalue weighted by atomic mass is 79.9. The minimum Gasteiger partial charge on any atom is -0.371 e. The van der Waals surface area contributed by atoms with Gasteiger partial charge in [-0.1, -0.05) is 35.8 Å². The third kappa shape index (κ3) is 4.01. The number of halogens is 1. The van der Waals surface area contributed by atoms with E-state index in [1.807, 2.05) is 7.05 Å². The molecule has 1 atom stereocenters. The lowest BCUT2D eigenvalue weighted by Crippen LogP contribution is -2.38. The quantitative estimate of drug-likeness (QED) is 0.807. The van der Waals surface area contributed by atoms with Crippen molar-refractivity contribution >= 4 is 21.6 Å². The zero-order chi connectivity index (χ0) is 15.6. The van der Waals surface area contributed by atoms with E-state index in [9.17, 15) is 0 Å². The van der Waals surface area contributed by atoms with Crippen molar-refractivity contribution in [2.24, 2.45) is 5.41 Å². The molecule has 118 valence electrons. The molecule has 0 aromatic heterocycles. The van der Waals surface area contributed by atoms with Gasteiger partial charge in [-0.25, -0.2) is 0 Å². The van der Waals surface area contributed by atoms with Gasteiger partial charge in [-0.05, 0) is 62.8 Å². The second-order valence-electron chi connectivity index (χ2n) is 7.22. The molecule has 1 aromatic rings. The predicted molar refractivity (Wildman–Crippen MR) is 96.1 cm³/mol. The van der Waals surface area contributed by atoms with Crippen LogP contribution in [0.5, 0.6) is 0 Å². The molecule has 0 radical (unpaired) electrons. The van der Waals surface area contributed by atoms with Crippen molar-refractivity contribution < 1.29 is 0 Å². The molecule has 21 heavy (non-hydrogen) atoms. The molecule has 2 nitrogen and oxygen atoms in total. The molecule has 1 unspecified atom stereocenters. The average Bonchev–Trinajstić information content (AvgIpc) is 2.45. The van der Waals surface area contributed by atoms with Gasteiger partial charge >= 0.3 is 0 Å². The van der Waals surface area contributed by atoms with Crippen molar-refractivity contribution in [2.45, 2.75) is 58.5 Å². The second-order valence-corrected chi connectivity index (χ2v) is 8.14. The zero-order valence-corrected chi connectivity index (χ0v) is 15.6. The van der Waals surface area contributed by atoms with Gasteiger partial charge in [0.05, 0.1) is 0 Å². The van der Waals surface area contributed by atoms with Crippen LogP contribution in [-0.2, 0) is 0 Å². The van der Waals surface area contributed by atoms with E-state index in [0.717, 1.165) is 4.47 Å². The Balaban J connectivity index is 2.22. The fraction of sp³-hybridized carbons (Fsp3) is 0.667. The SMILES string of the molecule is CNC(C)c1ccc(Br)cc1N(C)C1CCC(C)(C)CC1. The Kier molecular flexibility index (Phi) is 5.37. The van der Waals surface area contributed by atoms with Gasteiger partial charge in [-0.3, -0.25) is 0 Å². The molecule has 1 aromatic carbocycles. The van der Waals surface area contributed by atoms with Crippen LogP contribution in [0.15, 0.2) is 22.7 Å². The molecule has 1 N–H and O–H groups in total. The monoisotopic (exact) mass is 352 g/mol. The number of rotatable bonds is 4. The van der Waals surface area contributed by atoms with Crippen molar-refractivity contribution in [3.8, 4) is 0 Å². The summed E-state index contributed by atoms with van der Waals surface area (Å²) < 4.78 is 1.16. The largest absolute Gasteiger partial charge is 0.371 e. The van der Waals surface area contributed by atoms with Crippen molar-refractivity contribution in [3.63, 3.8) is 0 Å². The molecule has 1 aliphatic carbocycles. The van der Waals surface area contributed by atoms with Crippen LogP contribution in [0.3, 0.4) is 0 Å². The van der Waals surface area contributed by atoms with Gasteiger partial charge in [0.15, 0.2) is 0 Å². The molecule has 0 saturated heterocycles. The molecule has 0 heterocycles. The van der Waals surface area contributed by atoms with Gasteiger partial charge in [-0.2, -0.15) is 0 Å². The van der Waals surface area contributed by atoms with Crippen LogP contribution in [0.2, 0.25) is 0 Å². The molecule has 1 saturated carbocycles. The minimum absolute atomic E-state index is 0.371. The number of anilines is 1. The highest BCUT2D eigenvalue weighted by Gasteiger charge is 2.29. The summed E-state index contributed by atoms with van der Waals surface area (Å²) in [5.41, 5.74) is 3.26. The molecule has 0 bridgehead atoms. The normalized spacial score (nSPS) is 20.3. The molecule has 2 rings (SSSR count). The Morgan fingerprint density at radius 2 is 1.90 bits per heavy atom. The van der Waals surface area contributed by atoms with E-state index >= 15 is 0 Å². The highest BCUT2D eigenvalue weighted by molar-refractivity contribution is 9.10. The maximum atomic E-state index is 3.63. The van der Waals surface area contributed by atoms with Gasteiger partial charge in [-0.15, -0.1) is 0 Å². The Morgan fingerprint density at radius 1 is 1.29 bits per heavy atom.